The number of benzene rings is 2. The highest BCUT2D eigenvalue weighted by Crippen LogP contribution is 2.27. The molecular formula is C20H22N2O6. The molecule has 2 aromatic rings. The monoisotopic (exact) mass is 386 g/mol. The van der Waals surface area contributed by atoms with Crippen LogP contribution in [0, 0.1) is 13.8 Å². The first kappa shape index (κ1) is 20.8. The molecule has 8 heteroatoms. The number of methoxy groups -OCH3 is 1. The van der Waals surface area contributed by atoms with Crippen LogP contribution in [-0.4, -0.2) is 38.4 Å². The van der Waals surface area contributed by atoms with Crippen molar-refractivity contribution in [1.29, 1.82) is 0 Å². The quantitative estimate of drug-likeness (QED) is 0.529. The van der Waals surface area contributed by atoms with Gasteiger partial charge in [-0.15, -0.1) is 0 Å². The molecule has 0 aliphatic rings. The largest absolute Gasteiger partial charge is 0.493 e. The van der Waals surface area contributed by atoms with Gasteiger partial charge in [-0.2, -0.15) is 0 Å². The molecule has 0 unspecified atom stereocenters. The smallest absolute Gasteiger partial charge is 0.276 e. The highest BCUT2D eigenvalue weighted by Gasteiger charge is 2.11. The van der Waals surface area contributed by atoms with Gasteiger partial charge in [0.05, 0.1) is 7.11 Å². The van der Waals surface area contributed by atoms with Gasteiger partial charge in [-0.1, -0.05) is 18.2 Å². The summed E-state index contributed by atoms with van der Waals surface area (Å²) in [6.45, 7) is 3.17. The van der Waals surface area contributed by atoms with Gasteiger partial charge in [-0.3, -0.25) is 25.2 Å². The third-order valence-electron chi connectivity index (χ3n) is 3.78. The summed E-state index contributed by atoms with van der Waals surface area (Å²) in [5.74, 6) is 0.181. The van der Waals surface area contributed by atoms with E-state index in [1.807, 2.05) is 32.0 Å². The molecule has 0 aliphatic heterocycles. The Hall–Kier alpha value is -3.55. The first-order chi connectivity index (χ1) is 13.4. The molecule has 28 heavy (non-hydrogen) atoms. The van der Waals surface area contributed by atoms with Crippen LogP contribution in [0.15, 0.2) is 36.4 Å². The predicted octanol–water partition coefficient (Wildman–Crippen LogP) is 1.73. The topological polar surface area (TPSA) is 103 Å². The number of aldehydes is 1. The number of carbonyl (C=O) groups is 3. The zero-order valence-electron chi connectivity index (χ0n) is 15.9. The van der Waals surface area contributed by atoms with Crippen molar-refractivity contribution in [3.8, 4) is 17.2 Å². The summed E-state index contributed by atoms with van der Waals surface area (Å²) in [5.41, 5.74) is 6.75. The van der Waals surface area contributed by atoms with E-state index < -0.39 is 11.8 Å². The molecule has 0 aromatic heterocycles. The predicted molar refractivity (Wildman–Crippen MR) is 102 cm³/mol. The molecule has 2 rings (SSSR count). The SMILES string of the molecule is COc1cc(C=O)ccc1OCC(=O)NNC(=O)COc1c(C)cccc1C. The van der Waals surface area contributed by atoms with Crippen LogP contribution in [0.1, 0.15) is 21.5 Å². The van der Waals surface area contributed by atoms with E-state index in [1.165, 1.54) is 25.3 Å². The molecule has 2 amide bonds. The van der Waals surface area contributed by atoms with Crippen molar-refractivity contribution in [2.45, 2.75) is 13.8 Å². The lowest BCUT2D eigenvalue weighted by Gasteiger charge is -2.13. The number of ether oxygens (including phenoxy) is 3. The summed E-state index contributed by atoms with van der Waals surface area (Å²) in [6, 6.07) is 10.2. The zero-order valence-corrected chi connectivity index (χ0v) is 15.9. The maximum atomic E-state index is 11.8. The summed E-state index contributed by atoms with van der Waals surface area (Å²) in [7, 11) is 1.42. The van der Waals surface area contributed by atoms with Gasteiger partial charge in [0.1, 0.15) is 12.0 Å². The summed E-state index contributed by atoms with van der Waals surface area (Å²) in [4.78, 5) is 34.5. The summed E-state index contributed by atoms with van der Waals surface area (Å²) in [6.07, 6.45) is 0.676. The van der Waals surface area contributed by atoms with Crippen molar-refractivity contribution < 1.29 is 28.6 Å². The standard InChI is InChI=1S/C20H22N2O6/c1-13-5-4-6-14(2)20(13)28-12-19(25)22-21-18(24)11-27-16-8-7-15(10-23)9-17(16)26-3/h4-10H,11-12H2,1-3H3,(H,21,24)(H,22,25). The molecule has 0 saturated carbocycles. The van der Waals surface area contributed by atoms with Crippen LogP contribution in [0.4, 0.5) is 0 Å². The lowest BCUT2D eigenvalue weighted by atomic mass is 10.1. The Morgan fingerprint density at radius 3 is 2.11 bits per heavy atom. The van der Waals surface area contributed by atoms with Gasteiger partial charge in [0.25, 0.3) is 11.8 Å². The van der Waals surface area contributed by atoms with Crippen molar-refractivity contribution >= 4 is 18.1 Å². The molecule has 0 bridgehead atoms. The van der Waals surface area contributed by atoms with E-state index in [2.05, 4.69) is 10.9 Å². The third-order valence-corrected chi connectivity index (χ3v) is 3.78. The minimum atomic E-state index is -0.568. The summed E-state index contributed by atoms with van der Waals surface area (Å²) >= 11 is 0. The van der Waals surface area contributed by atoms with Crippen LogP contribution in [-0.2, 0) is 9.59 Å². The number of hydrogen-bond acceptors (Lipinski definition) is 6. The Labute approximate surface area is 162 Å². The molecule has 0 spiro atoms. The number of aryl methyl sites for hydroxylation is 2. The van der Waals surface area contributed by atoms with E-state index >= 15 is 0 Å². The molecule has 0 radical (unpaired) electrons. The molecule has 148 valence electrons. The van der Waals surface area contributed by atoms with E-state index in [4.69, 9.17) is 14.2 Å². The van der Waals surface area contributed by atoms with E-state index in [0.717, 1.165) is 11.1 Å². The fourth-order valence-corrected chi connectivity index (χ4v) is 2.40. The van der Waals surface area contributed by atoms with Gasteiger partial charge in [-0.25, -0.2) is 0 Å². The van der Waals surface area contributed by atoms with E-state index in [1.54, 1.807) is 0 Å². The van der Waals surface area contributed by atoms with Crippen LogP contribution >= 0.6 is 0 Å². The van der Waals surface area contributed by atoms with Gasteiger partial charge in [-0.05, 0) is 43.2 Å². The Balaban J connectivity index is 1.78. The Bertz CT molecular complexity index is 846. The van der Waals surface area contributed by atoms with Crippen molar-refractivity contribution in [3.05, 3.63) is 53.1 Å². The van der Waals surface area contributed by atoms with Gasteiger partial charge in [0, 0.05) is 5.56 Å². The highest BCUT2D eigenvalue weighted by atomic mass is 16.5. The number of amides is 2. The molecule has 0 atom stereocenters. The zero-order chi connectivity index (χ0) is 20.5. The van der Waals surface area contributed by atoms with E-state index in [9.17, 15) is 14.4 Å². The number of para-hydroxylation sites is 1. The second-order valence-electron chi connectivity index (χ2n) is 5.92. The Morgan fingerprint density at radius 1 is 0.929 bits per heavy atom. The van der Waals surface area contributed by atoms with Gasteiger partial charge in [0.15, 0.2) is 24.7 Å². The number of hydrazine groups is 1. The fourth-order valence-electron chi connectivity index (χ4n) is 2.40. The second-order valence-corrected chi connectivity index (χ2v) is 5.92. The van der Waals surface area contributed by atoms with Crippen LogP contribution in [0.5, 0.6) is 17.2 Å². The number of carbonyl (C=O) groups excluding carboxylic acids is 3. The molecule has 2 aromatic carbocycles. The molecular weight excluding hydrogens is 364 g/mol. The summed E-state index contributed by atoms with van der Waals surface area (Å²) in [5, 5.41) is 0. The maximum Gasteiger partial charge on any atom is 0.276 e. The average molecular weight is 386 g/mol. The fraction of sp³-hybridized carbons (Fsp3) is 0.250. The second kappa shape index (κ2) is 9.96. The third kappa shape index (κ3) is 5.73. The first-order valence-corrected chi connectivity index (χ1v) is 8.47. The number of rotatable bonds is 8. The molecule has 8 nitrogen and oxygen atoms in total. The van der Waals surface area contributed by atoms with Gasteiger partial charge in [0.2, 0.25) is 0 Å². The lowest BCUT2D eigenvalue weighted by molar-refractivity contribution is -0.131. The van der Waals surface area contributed by atoms with Gasteiger partial charge < -0.3 is 14.2 Å². The number of nitrogens with one attached hydrogen (secondary N) is 2. The molecule has 0 saturated heterocycles. The van der Waals surface area contributed by atoms with Crippen LogP contribution in [0.3, 0.4) is 0 Å². The van der Waals surface area contributed by atoms with Crippen LogP contribution < -0.4 is 25.1 Å². The van der Waals surface area contributed by atoms with Crippen molar-refractivity contribution in [1.82, 2.24) is 10.9 Å². The van der Waals surface area contributed by atoms with Crippen LogP contribution in [0.25, 0.3) is 0 Å². The molecule has 0 aliphatic carbocycles. The lowest BCUT2D eigenvalue weighted by Crippen LogP contribution is -2.45. The maximum absolute atomic E-state index is 11.8. The van der Waals surface area contributed by atoms with E-state index in [0.29, 0.717) is 29.1 Å². The average Bonchev–Trinajstić information content (AvgIpc) is 2.70. The first-order valence-electron chi connectivity index (χ1n) is 8.47. The van der Waals surface area contributed by atoms with Crippen molar-refractivity contribution in [2.75, 3.05) is 20.3 Å². The van der Waals surface area contributed by atoms with Crippen molar-refractivity contribution in [3.63, 3.8) is 0 Å². The highest BCUT2D eigenvalue weighted by molar-refractivity contribution is 5.83. The minimum Gasteiger partial charge on any atom is -0.493 e. The normalized spacial score (nSPS) is 9.96. The molecule has 2 N–H and O–H groups in total. The van der Waals surface area contributed by atoms with Crippen LogP contribution in [0.2, 0.25) is 0 Å². The minimum absolute atomic E-state index is 0.242. The molecule has 0 fully saturated rings. The Morgan fingerprint density at radius 2 is 1.54 bits per heavy atom. The summed E-state index contributed by atoms with van der Waals surface area (Å²) < 4.78 is 16.0. The Kier molecular flexibility index (Phi) is 7.38. The van der Waals surface area contributed by atoms with Crippen molar-refractivity contribution in [2.24, 2.45) is 0 Å². The number of hydrogen-bond donors (Lipinski definition) is 2. The van der Waals surface area contributed by atoms with Gasteiger partial charge >= 0.3 is 0 Å². The molecule has 0 heterocycles. The van der Waals surface area contributed by atoms with E-state index in [-0.39, 0.29) is 13.2 Å².